The Balaban J connectivity index is 2.33. The third-order valence-corrected chi connectivity index (χ3v) is 2.77. The Morgan fingerprint density at radius 1 is 1.56 bits per heavy atom. The first-order valence-corrected chi connectivity index (χ1v) is 5.66. The maximum Gasteiger partial charge on any atom is 0.410 e. The van der Waals surface area contributed by atoms with E-state index >= 15 is 0 Å². The normalized spacial score (nSPS) is 19.2. The van der Waals surface area contributed by atoms with Crippen molar-refractivity contribution in [3.05, 3.63) is 0 Å². The van der Waals surface area contributed by atoms with Crippen LogP contribution in [0.3, 0.4) is 0 Å². The number of aliphatic hydroxyl groups is 1. The molecule has 5 nitrogen and oxygen atoms in total. The van der Waals surface area contributed by atoms with Crippen LogP contribution in [-0.4, -0.2) is 47.9 Å². The summed E-state index contributed by atoms with van der Waals surface area (Å²) in [5.74, 6) is 0.404. The van der Waals surface area contributed by atoms with E-state index in [2.05, 4.69) is 0 Å². The molecule has 1 amide bonds. The highest BCUT2D eigenvalue weighted by Gasteiger charge is 2.37. The standard InChI is InChI=1S/C11H22N2O3/c1-11(2,3)16-10(15)13-5-9(6-13)8(4-12)7-14/h8-9,14H,4-7,12H2,1-3H3. The van der Waals surface area contributed by atoms with Crippen molar-refractivity contribution in [1.29, 1.82) is 0 Å². The Kier molecular flexibility index (Phi) is 4.15. The van der Waals surface area contributed by atoms with E-state index in [1.807, 2.05) is 20.8 Å². The van der Waals surface area contributed by atoms with Gasteiger partial charge in [0.1, 0.15) is 5.60 Å². The second kappa shape index (κ2) is 5.01. The summed E-state index contributed by atoms with van der Waals surface area (Å²) >= 11 is 0. The number of amides is 1. The second-order valence-corrected chi connectivity index (χ2v) is 5.32. The highest BCUT2D eigenvalue weighted by atomic mass is 16.6. The molecule has 16 heavy (non-hydrogen) atoms. The van der Waals surface area contributed by atoms with Crippen LogP contribution in [0.15, 0.2) is 0 Å². The Hall–Kier alpha value is -0.810. The molecule has 0 aromatic heterocycles. The van der Waals surface area contributed by atoms with E-state index in [9.17, 15) is 4.79 Å². The number of hydrogen-bond donors (Lipinski definition) is 2. The molecule has 1 atom stereocenters. The number of aliphatic hydroxyl groups excluding tert-OH is 1. The number of carbonyl (C=O) groups is 1. The molecule has 1 heterocycles. The van der Waals surface area contributed by atoms with Gasteiger partial charge in [0.2, 0.25) is 0 Å². The maximum atomic E-state index is 11.6. The van der Waals surface area contributed by atoms with Crippen LogP contribution in [0.25, 0.3) is 0 Å². The molecule has 3 N–H and O–H groups in total. The minimum Gasteiger partial charge on any atom is -0.444 e. The van der Waals surface area contributed by atoms with Gasteiger partial charge in [0, 0.05) is 31.5 Å². The molecule has 1 aliphatic rings. The second-order valence-electron chi connectivity index (χ2n) is 5.32. The molecule has 0 saturated carbocycles. The highest BCUT2D eigenvalue weighted by molar-refractivity contribution is 5.69. The van der Waals surface area contributed by atoms with Crippen LogP contribution >= 0.6 is 0 Å². The molecule has 1 saturated heterocycles. The molecule has 94 valence electrons. The van der Waals surface area contributed by atoms with Crippen molar-refractivity contribution >= 4 is 6.09 Å². The lowest BCUT2D eigenvalue weighted by Crippen LogP contribution is -2.55. The van der Waals surface area contributed by atoms with Crippen molar-refractivity contribution in [2.75, 3.05) is 26.2 Å². The summed E-state index contributed by atoms with van der Waals surface area (Å²) < 4.78 is 5.23. The molecular formula is C11H22N2O3. The third kappa shape index (κ3) is 3.35. The van der Waals surface area contributed by atoms with E-state index in [0.29, 0.717) is 25.6 Å². The van der Waals surface area contributed by atoms with Crippen molar-refractivity contribution in [3.63, 3.8) is 0 Å². The number of nitrogens with two attached hydrogens (primary N) is 1. The fourth-order valence-electron chi connectivity index (χ4n) is 1.70. The van der Waals surface area contributed by atoms with Gasteiger partial charge >= 0.3 is 6.09 Å². The van der Waals surface area contributed by atoms with E-state index in [4.69, 9.17) is 15.6 Å². The molecule has 5 heteroatoms. The number of hydrogen-bond acceptors (Lipinski definition) is 4. The predicted octanol–water partition coefficient (Wildman–Crippen LogP) is 0.421. The summed E-state index contributed by atoms with van der Waals surface area (Å²) in [5, 5.41) is 9.06. The summed E-state index contributed by atoms with van der Waals surface area (Å²) in [6.45, 7) is 7.36. The molecular weight excluding hydrogens is 208 g/mol. The lowest BCUT2D eigenvalue weighted by atomic mass is 9.86. The smallest absolute Gasteiger partial charge is 0.410 e. The minimum absolute atomic E-state index is 0.0866. The Morgan fingerprint density at radius 2 is 2.12 bits per heavy atom. The van der Waals surface area contributed by atoms with Crippen molar-refractivity contribution in [2.45, 2.75) is 26.4 Å². The van der Waals surface area contributed by atoms with E-state index in [1.165, 1.54) is 0 Å². The van der Waals surface area contributed by atoms with Gasteiger partial charge in [0.15, 0.2) is 0 Å². The molecule has 0 spiro atoms. The van der Waals surface area contributed by atoms with Crippen LogP contribution in [0.2, 0.25) is 0 Å². The average Bonchev–Trinajstić information content (AvgIpc) is 2.06. The number of ether oxygens (including phenoxy) is 1. The fourth-order valence-corrected chi connectivity index (χ4v) is 1.70. The Bertz CT molecular complexity index is 240. The van der Waals surface area contributed by atoms with Crippen molar-refractivity contribution in [2.24, 2.45) is 17.6 Å². The summed E-state index contributed by atoms with van der Waals surface area (Å²) in [4.78, 5) is 13.2. The molecule has 1 unspecified atom stereocenters. The van der Waals surface area contributed by atoms with Crippen LogP contribution < -0.4 is 5.73 Å². The summed E-state index contributed by atoms with van der Waals surface area (Å²) in [5.41, 5.74) is 5.07. The molecule has 1 rings (SSSR count). The first-order chi connectivity index (χ1) is 7.37. The lowest BCUT2D eigenvalue weighted by molar-refractivity contribution is -0.0157. The van der Waals surface area contributed by atoms with Gasteiger partial charge in [-0.1, -0.05) is 0 Å². The van der Waals surface area contributed by atoms with Crippen molar-refractivity contribution in [1.82, 2.24) is 4.90 Å². The van der Waals surface area contributed by atoms with Gasteiger partial charge in [0.25, 0.3) is 0 Å². The van der Waals surface area contributed by atoms with Gasteiger partial charge in [-0.05, 0) is 27.3 Å². The Morgan fingerprint density at radius 3 is 2.50 bits per heavy atom. The lowest BCUT2D eigenvalue weighted by Gasteiger charge is -2.42. The zero-order valence-electron chi connectivity index (χ0n) is 10.3. The molecule has 0 aliphatic carbocycles. The topological polar surface area (TPSA) is 75.8 Å². The zero-order valence-corrected chi connectivity index (χ0v) is 10.3. The van der Waals surface area contributed by atoms with Crippen LogP contribution in [0.5, 0.6) is 0 Å². The summed E-state index contributed by atoms with van der Waals surface area (Å²) in [6.07, 6.45) is -0.280. The van der Waals surface area contributed by atoms with Gasteiger partial charge in [-0.2, -0.15) is 0 Å². The maximum absolute atomic E-state index is 11.6. The van der Waals surface area contributed by atoms with Crippen LogP contribution in [0.1, 0.15) is 20.8 Å². The molecule has 0 radical (unpaired) electrons. The first kappa shape index (κ1) is 13.3. The van der Waals surface area contributed by atoms with Gasteiger partial charge in [-0.15, -0.1) is 0 Å². The predicted molar refractivity (Wildman–Crippen MR) is 60.9 cm³/mol. The van der Waals surface area contributed by atoms with E-state index in [0.717, 1.165) is 0 Å². The van der Waals surface area contributed by atoms with E-state index in [1.54, 1.807) is 4.90 Å². The number of nitrogens with zero attached hydrogens (tertiary/aromatic N) is 1. The molecule has 0 bridgehead atoms. The van der Waals surface area contributed by atoms with Crippen LogP contribution in [0, 0.1) is 11.8 Å². The van der Waals surface area contributed by atoms with E-state index in [-0.39, 0.29) is 18.6 Å². The molecule has 1 fully saturated rings. The average molecular weight is 230 g/mol. The summed E-state index contributed by atoms with van der Waals surface area (Å²) in [7, 11) is 0. The van der Waals surface area contributed by atoms with Gasteiger partial charge in [-0.25, -0.2) is 4.79 Å². The minimum atomic E-state index is -0.452. The highest BCUT2D eigenvalue weighted by Crippen LogP contribution is 2.25. The van der Waals surface area contributed by atoms with Gasteiger partial charge < -0.3 is 20.5 Å². The van der Waals surface area contributed by atoms with E-state index < -0.39 is 5.60 Å². The van der Waals surface area contributed by atoms with Gasteiger partial charge in [0.05, 0.1) is 0 Å². The Labute approximate surface area is 96.6 Å². The fraction of sp³-hybridized carbons (Fsp3) is 0.909. The largest absolute Gasteiger partial charge is 0.444 e. The van der Waals surface area contributed by atoms with Crippen molar-refractivity contribution < 1.29 is 14.6 Å². The van der Waals surface area contributed by atoms with Crippen LogP contribution in [0.4, 0.5) is 4.79 Å². The number of likely N-dealkylation sites (tertiary alicyclic amines) is 1. The molecule has 0 aromatic rings. The molecule has 0 aromatic carbocycles. The molecule has 1 aliphatic heterocycles. The first-order valence-electron chi connectivity index (χ1n) is 5.66. The van der Waals surface area contributed by atoms with Gasteiger partial charge in [-0.3, -0.25) is 0 Å². The quantitative estimate of drug-likeness (QED) is 0.736. The number of carbonyl (C=O) groups excluding carboxylic acids is 1. The zero-order chi connectivity index (χ0) is 12.3. The van der Waals surface area contributed by atoms with Crippen molar-refractivity contribution in [3.8, 4) is 0 Å². The number of rotatable bonds is 3. The SMILES string of the molecule is CC(C)(C)OC(=O)N1CC(C(CN)CO)C1. The van der Waals surface area contributed by atoms with Crippen LogP contribution in [-0.2, 0) is 4.74 Å². The summed E-state index contributed by atoms with van der Waals surface area (Å²) in [6, 6.07) is 0. The third-order valence-electron chi connectivity index (χ3n) is 2.77. The monoisotopic (exact) mass is 230 g/mol.